The highest BCUT2D eigenvalue weighted by Crippen LogP contribution is 2.37. The Morgan fingerprint density at radius 3 is 2.64 bits per heavy atom. The SMILES string of the molecule is CCCOc1c(Cl)cc(C(=O)N(C)Cc2ccc3c(c2)OCCO3)cc1OC. The normalized spacial score (nSPS) is 12.4. The second kappa shape index (κ2) is 9.06. The molecule has 0 saturated carbocycles. The van der Waals surface area contributed by atoms with Gasteiger partial charge >= 0.3 is 0 Å². The average Bonchev–Trinajstić information content (AvgIpc) is 2.71. The van der Waals surface area contributed by atoms with Crippen LogP contribution in [0.3, 0.4) is 0 Å². The Kier molecular flexibility index (Phi) is 6.52. The largest absolute Gasteiger partial charge is 0.493 e. The van der Waals surface area contributed by atoms with Gasteiger partial charge in [-0.3, -0.25) is 4.79 Å². The maximum absolute atomic E-state index is 12.9. The summed E-state index contributed by atoms with van der Waals surface area (Å²) in [5.41, 5.74) is 1.38. The summed E-state index contributed by atoms with van der Waals surface area (Å²) in [7, 11) is 3.26. The molecule has 0 aromatic heterocycles. The van der Waals surface area contributed by atoms with Gasteiger partial charge in [-0.1, -0.05) is 24.6 Å². The number of fused-ring (bicyclic) bond motifs is 1. The summed E-state index contributed by atoms with van der Waals surface area (Å²) >= 11 is 6.33. The lowest BCUT2D eigenvalue weighted by molar-refractivity contribution is 0.0784. The van der Waals surface area contributed by atoms with Crippen molar-refractivity contribution in [2.24, 2.45) is 0 Å². The number of carbonyl (C=O) groups is 1. The molecule has 0 spiro atoms. The summed E-state index contributed by atoms with van der Waals surface area (Å²) < 4.78 is 22.1. The molecule has 0 unspecified atom stereocenters. The van der Waals surface area contributed by atoms with Gasteiger partial charge in [0.1, 0.15) is 13.2 Å². The molecule has 6 nitrogen and oxygen atoms in total. The number of amides is 1. The monoisotopic (exact) mass is 405 g/mol. The topological polar surface area (TPSA) is 57.2 Å². The Bertz CT molecular complexity index is 855. The van der Waals surface area contributed by atoms with E-state index in [0.29, 0.717) is 54.2 Å². The zero-order valence-corrected chi connectivity index (χ0v) is 17.0. The van der Waals surface area contributed by atoms with Gasteiger partial charge < -0.3 is 23.8 Å². The lowest BCUT2D eigenvalue weighted by atomic mass is 10.1. The average molecular weight is 406 g/mol. The van der Waals surface area contributed by atoms with Gasteiger partial charge in [0.25, 0.3) is 5.91 Å². The first-order chi connectivity index (χ1) is 13.5. The van der Waals surface area contributed by atoms with Crippen molar-refractivity contribution in [3.05, 3.63) is 46.5 Å². The maximum atomic E-state index is 12.9. The zero-order chi connectivity index (χ0) is 20.1. The van der Waals surface area contributed by atoms with Crippen molar-refractivity contribution in [3.8, 4) is 23.0 Å². The van der Waals surface area contributed by atoms with E-state index in [2.05, 4.69) is 0 Å². The van der Waals surface area contributed by atoms with Crippen LogP contribution >= 0.6 is 11.6 Å². The molecular weight excluding hydrogens is 382 g/mol. The molecule has 3 rings (SSSR count). The fourth-order valence-electron chi connectivity index (χ4n) is 2.94. The van der Waals surface area contributed by atoms with Crippen LogP contribution in [-0.4, -0.2) is 44.8 Å². The number of hydrogen-bond acceptors (Lipinski definition) is 5. The standard InChI is InChI=1S/C21H24ClNO5/c1-4-7-28-20-16(22)11-15(12-19(20)25-3)21(24)23(2)13-14-5-6-17-18(10-14)27-9-8-26-17/h5-6,10-12H,4,7-9,13H2,1-3H3. The van der Waals surface area contributed by atoms with Gasteiger partial charge in [-0.2, -0.15) is 0 Å². The van der Waals surface area contributed by atoms with E-state index >= 15 is 0 Å². The van der Waals surface area contributed by atoms with Crippen LogP contribution in [0.2, 0.25) is 5.02 Å². The molecule has 0 aliphatic carbocycles. The van der Waals surface area contributed by atoms with E-state index in [9.17, 15) is 4.79 Å². The summed E-state index contributed by atoms with van der Waals surface area (Å²) in [4.78, 5) is 14.5. The lowest BCUT2D eigenvalue weighted by Crippen LogP contribution is -2.26. The molecule has 1 amide bonds. The molecule has 1 aliphatic rings. The molecule has 1 heterocycles. The molecular formula is C21H24ClNO5. The van der Waals surface area contributed by atoms with Crippen LogP contribution in [0.15, 0.2) is 30.3 Å². The third-order valence-electron chi connectivity index (χ3n) is 4.30. The molecule has 2 aromatic rings. The minimum atomic E-state index is -0.169. The van der Waals surface area contributed by atoms with Crippen LogP contribution < -0.4 is 18.9 Å². The van der Waals surface area contributed by atoms with E-state index in [1.54, 1.807) is 24.1 Å². The quantitative estimate of drug-likeness (QED) is 0.691. The summed E-state index contributed by atoms with van der Waals surface area (Å²) in [6.45, 7) is 4.02. The zero-order valence-electron chi connectivity index (χ0n) is 16.3. The van der Waals surface area contributed by atoms with Crippen molar-refractivity contribution in [2.45, 2.75) is 19.9 Å². The molecule has 0 atom stereocenters. The summed E-state index contributed by atoms with van der Waals surface area (Å²) in [6, 6.07) is 8.94. The number of rotatable bonds is 7. The second-order valence-electron chi connectivity index (χ2n) is 6.48. The third-order valence-corrected chi connectivity index (χ3v) is 4.58. The Labute approximate surface area is 169 Å². The summed E-state index contributed by atoms with van der Waals surface area (Å²) in [5.74, 6) is 2.15. The van der Waals surface area contributed by atoms with Gasteiger partial charge in [0, 0.05) is 19.2 Å². The molecule has 28 heavy (non-hydrogen) atoms. The van der Waals surface area contributed by atoms with Gasteiger partial charge in [0.15, 0.2) is 23.0 Å². The highest BCUT2D eigenvalue weighted by Gasteiger charge is 2.19. The van der Waals surface area contributed by atoms with Crippen LogP contribution in [0.1, 0.15) is 29.3 Å². The van der Waals surface area contributed by atoms with Crippen LogP contribution in [-0.2, 0) is 6.54 Å². The van der Waals surface area contributed by atoms with Crippen molar-refractivity contribution in [1.29, 1.82) is 0 Å². The molecule has 0 radical (unpaired) electrons. The fourth-order valence-corrected chi connectivity index (χ4v) is 3.20. The number of carbonyl (C=O) groups excluding carboxylic acids is 1. The molecule has 0 bridgehead atoms. The van der Waals surface area contributed by atoms with Crippen LogP contribution in [0.4, 0.5) is 0 Å². The predicted octanol–water partition coefficient (Wildman–Crippen LogP) is 4.18. The number of hydrogen-bond donors (Lipinski definition) is 0. The summed E-state index contributed by atoms with van der Waals surface area (Å²) in [5, 5.41) is 0.351. The van der Waals surface area contributed by atoms with Crippen molar-refractivity contribution in [1.82, 2.24) is 4.90 Å². The first-order valence-electron chi connectivity index (χ1n) is 9.17. The van der Waals surface area contributed by atoms with Crippen molar-refractivity contribution in [2.75, 3.05) is 34.0 Å². The van der Waals surface area contributed by atoms with Gasteiger partial charge in [-0.25, -0.2) is 0 Å². The lowest BCUT2D eigenvalue weighted by Gasteiger charge is -2.22. The van der Waals surface area contributed by atoms with Gasteiger partial charge in [0.2, 0.25) is 0 Å². The Morgan fingerprint density at radius 1 is 1.18 bits per heavy atom. The van der Waals surface area contributed by atoms with E-state index < -0.39 is 0 Å². The van der Waals surface area contributed by atoms with Crippen molar-refractivity contribution in [3.63, 3.8) is 0 Å². The predicted molar refractivity (Wildman–Crippen MR) is 107 cm³/mol. The number of methoxy groups -OCH3 is 1. The van der Waals surface area contributed by atoms with Crippen LogP contribution in [0.25, 0.3) is 0 Å². The van der Waals surface area contributed by atoms with Gasteiger partial charge in [-0.05, 0) is 36.2 Å². The number of nitrogens with zero attached hydrogens (tertiary/aromatic N) is 1. The van der Waals surface area contributed by atoms with E-state index in [0.717, 1.165) is 17.7 Å². The first-order valence-corrected chi connectivity index (χ1v) is 9.55. The second-order valence-corrected chi connectivity index (χ2v) is 6.88. The molecule has 0 N–H and O–H groups in total. The number of halogens is 1. The Balaban J connectivity index is 1.76. The molecule has 0 fully saturated rings. The summed E-state index contributed by atoms with van der Waals surface area (Å²) in [6.07, 6.45) is 0.846. The third kappa shape index (κ3) is 4.44. The number of benzene rings is 2. The smallest absolute Gasteiger partial charge is 0.254 e. The molecule has 1 aliphatic heterocycles. The molecule has 150 valence electrons. The first kappa shape index (κ1) is 20.1. The Hall–Kier alpha value is -2.60. The number of ether oxygens (including phenoxy) is 4. The van der Waals surface area contributed by atoms with Crippen LogP contribution in [0, 0.1) is 0 Å². The van der Waals surface area contributed by atoms with E-state index in [1.807, 2.05) is 25.1 Å². The van der Waals surface area contributed by atoms with E-state index in [1.165, 1.54) is 7.11 Å². The van der Waals surface area contributed by atoms with E-state index in [4.69, 9.17) is 30.5 Å². The highest BCUT2D eigenvalue weighted by molar-refractivity contribution is 6.32. The molecule has 7 heteroatoms. The van der Waals surface area contributed by atoms with Gasteiger partial charge in [-0.15, -0.1) is 0 Å². The maximum Gasteiger partial charge on any atom is 0.254 e. The van der Waals surface area contributed by atoms with Crippen molar-refractivity contribution >= 4 is 17.5 Å². The van der Waals surface area contributed by atoms with Crippen LogP contribution in [0.5, 0.6) is 23.0 Å². The molecule has 0 saturated heterocycles. The van der Waals surface area contributed by atoms with Gasteiger partial charge in [0.05, 0.1) is 18.7 Å². The minimum Gasteiger partial charge on any atom is -0.493 e. The Morgan fingerprint density at radius 2 is 1.93 bits per heavy atom. The minimum absolute atomic E-state index is 0.169. The molecule has 2 aromatic carbocycles. The van der Waals surface area contributed by atoms with E-state index in [-0.39, 0.29) is 5.91 Å². The van der Waals surface area contributed by atoms with Crippen molar-refractivity contribution < 1.29 is 23.7 Å². The highest BCUT2D eigenvalue weighted by atomic mass is 35.5. The fraction of sp³-hybridized carbons (Fsp3) is 0.381.